The molecule has 1 atom stereocenters. The molecule has 5 heteroatoms. The number of anilines is 1. The number of nitrogens with two attached hydrogens (primary N) is 2. The zero-order valence-electron chi connectivity index (χ0n) is 7.97. The Bertz CT molecular complexity index is 397. The van der Waals surface area contributed by atoms with Gasteiger partial charge in [0.15, 0.2) is 0 Å². The summed E-state index contributed by atoms with van der Waals surface area (Å²) in [6.45, 7) is 0. The minimum atomic E-state index is -3.04. The first-order valence-electron chi connectivity index (χ1n) is 4.17. The standard InChI is InChI=1S/C9H14N2O2S/c1-14(12,13)6-9(11)7-2-4-8(10)5-3-7/h2-5,9H,6,10-11H2,1H3/t9-/m0/s1. The van der Waals surface area contributed by atoms with E-state index in [-0.39, 0.29) is 5.75 Å². The van der Waals surface area contributed by atoms with Gasteiger partial charge in [-0.15, -0.1) is 0 Å². The number of sulfone groups is 1. The van der Waals surface area contributed by atoms with Crippen LogP contribution in [0.25, 0.3) is 0 Å². The van der Waals surface area contributed by atoms with E-state index in [4.69, 9.17) is 11.5 Å². The molecule has 1 aromatic carbocycles. The third-order valence-corrected chi connectivity index (χ3v) is 2.81. The molecule has 1 aromatic rings. The van der Waals surface area contributed by atoms with Gasteiger partial charge in [0.05, 0.1) is 5.75 Å². The lowest BCUT2D eigenvalue weighted by Gasteiger charge is -2.10. The molecule has 78 valence electrons. The van der Waals surface area contributed by atoms with Crippen molar-refractivity contribution in [3.63, 3.8) is 0 Å². The molecule has 0 unspecified atom stereocenters. The van der Waals surface area contributed by atoms with Crippen molar-refractivity contribution in [3.8, 4) is 0 Å². The summed E-state index contributed by atoms with van der Waals surface area (Å²) in [5, 5.41) is 0. The summed E-state index contributed by atoms with van der Waals surface area (Å²) in [6.07, 6.45) is 1.17. The van der Waals surface area contributed by atoms with E-state index in [9.17, 15) is 8.42 Å². The number of rotatable bonds is 3. The molecule has 0 aliphatic carbocycles. The van der Waals surface area contributed by atoms with Crippen LogP contribution in [0.2, 0.25) is 0 Å². The topological polar surface area (TPSA) is 86.2 Å². The van der Waals surface area contributed by atoms with Crippen LogP contribution in [-0.4, -0.2) is 20.4 Å². The van der Waals surface area contributed by atoms with Crippen molar-refractivity contribution < 1.29 is 8.42 Å². The summed E-state index contributed by atoms with van der Waals surface area (Å²) in [4.78, 5) is 0. The summed E-state index contributed by atoms with van der Waals surface area (Å²) in [5.41, 5.74) is 12.6. The van der Waals surface area contributed by atoms with Gasteiger partial charge in [0.25, 0.3) is 0 Å². The van der Waals surface area contributed by atoms with Crippen molar-refractivity contribution >= 4 is 15.5 Å². The normalized spacial score (nSPS) is 13.9. The highest BCUT2D eigenvalue weighted by molar-refractivity contribution is 7.90. The molecular weight excluding hydrogens is 200 g/mol. The van der Waals surface area contributed by atoms with Gasteiger partial charge in [0.1, 0.15) is 9.84 Å². The van der Waals surface area contributed by atoms with Gasteiger partial charge in [-0.05, 0) is 17.7 Å². The zero-order valence-corrected chi connectivity index (χ0v) is 8.79. The Balaban J connectivity index is 2.80. The molecule has 0 saturated heterocycles. The number of hydrogen-bond donors (Lipinski definition) is 2. The maximum Gasteiger partial charge on any atom is 0.149 e. The SMILES string of the molecule is CS(=O)(=O)C[C@H](N)c1ccc(N)cc1. The van der Waals surface area contributed by atoms with Gasteiger partial charge in [-0.2, -0.15) is 0 Å². The molecule has 4 nitrogen and oxygen atoms in total. The van der Waals surface area contributed by atoms with Crippen LogP contribution in [0.1, 0.15) is 11.6 Å². The molecule has 0 fully saturated rings. The van der Waals surface area contributed by atoms with Gasteiger partial charge in [0.2, 0.25) is 0 Å². The van der Waals surface area contributed by atoms with E-state index in [0.29, 0.717) is 5.69 Å². The predicted molar refractivity (Wildman–Crippen MR) is 57.5 cm³/mol. The zero-order chi connectivity index (χ0) is 10.8. The van der Waals surface area contributed by atoms with Crippen LogP contribution in [0.5, 0.6) is 0 Å². The molecule has 0 aliphatic heterocycles. The van der Waals surface area contributed by atoms with Gasteiger partial charge >= 0.3 is 0 Å². The van der Waals surface area contributed by atoms with E-state index in [2.05, 4.69) is 0 Å². The molecule has 0 bridgehead atoms. The fourth-order valence-corrected chi connectivity index (χ4v) is 2.01. The van der Waals surface area contributed by atoms with Gasteiger partial charge in [-0.25, -0.2) is 8.42 Å². The van der Waals surface area contributed by atoms with Crippen LogP contribution < -0.4 is 11.5 Å². The Morgan fingerprint density at radius 1 is 1.29 bits per heavy atom. The monoisotopic (exact) mass is 214 g/mol. The minimum absolute atomic E-state index is 0.0447. The van der Waals surface area contributed by atoms with Crippen LogP contribution in [0.3, 0.4) is 0 Å². The molecular formula is C9H14N2O2S. The van der Waals surface area contributed by atoms with Crippen molar-refractivity contribution in [1.29, 1.82) is 0 Å². The van der Waals surface area contributed by atoms with Crippen LogP contribution in [0.15, 0.2) is 24.3 Å². The first kappa shape index (κ1) is 11.0. The van der Waals surface area contributed by atoms with Crippen LogP contribution in [-0.2, 0) is 9.84 Å². The molecule has 0 aromatic heterocycles. The Morgan fingerprint density at radius 2 is 1.79 bits per heavy atom. The van der Waals surface area contributed by atoms with E-state index in [0.717, 1.165) is 5.56 Å². The maximum atomic E-state index is 11.0. The summed E-state index contributed by atoms with van der Waals surface area (Å²) in [5.74, 6) is -0.0447. The smallest absolute Gasteiger partial charge is 0.149 e. The van der Waals surface area contributed by atoms with Gasteiger partial charge in [-0.1, -0.05) is 12.1 Å². The highest BCUT2D eigenvalue weighted by Crippen LogP contribution is 2.13. The van der Waals surface area contributed by atoms with E-state index in [1.165, 1.54) is 6.26 Å². The Morgan fingerprint density at radius 3 is 2.21 bits per heavy atom. The Labute approximate surface area is 83.8 Å². The highest BCUT2D eigenvalue weighted by atomic mass is 32.2. The molecule has 14 heavy (non-hydrogen) atoms. The second-order valence-corrected chi connectivity index (χ2v) is 5.55. The van der Waals surface area contributed by atoms with Gasteiger partial charge in [-0.3, -0.25) is 0 Å². The van der Waals surface area contributed by atoms with Crippen molar-refractivity contribution in [1.82, 2.24) is 0 Å². The number of nitrogen functional groups attached to an aromatic ring is 1. The summed E-state index contributed by atoms with van der Waals surface area (Å²) in [6, 6.07) is 6.41. The summed E-state index contributed by atoms with van der Waals surface area (Å²) < 4.78 is 22.0. The van der Waals surface area contributed by atoms with Crippen LogP contribution >= 0.6 is 0 Å². The van der Waals surface area contributed by atoms with Gasteiger partial charge in [0, 0.05) is 18.0 Å². The van der Waals surface area contributed by atoms with E-state index < -0.39 is 15.9 Å². The summed E-state index contributed by atoms with van der Waals surface area (Å²) in [7, 11) is -3.04. The molecule has 1 rings (SSSR count). The number of hydrogen-bond acceptors (Lipinski definition) is 4. The fraction of sp³-hybridized carbons (Fsp3) is 0.333. The second-order valence-electron chi connectivity index (χ2n) is 3.37. The van der Waals surface area contributed by atoms with Crippen LogP contribution in [0, 0.1) is 0 Å². The van der Waals surface area contributed by atoms with E-state index in [1.807, 2.05) is 0 Å². The maximum absolute atomic E-state index is 11.0. The minimum Gasteiger partial charge on any atom is -0.399 e. The predicted octanol–water partition coefficient (Wildman–Crippen LogP) is 0.313. The average molecular weight is 214 g/mol. The highest BCUT2D eigenvalue weighted by Gasteiger charge is 2.12. The van der Waals surface area contributed by atoms with Crippen LogP contribution in [0.4, 0.5) is 5.69 Å². The van der Waals surface area contributed by atoms with Crippen molar-refractivity contribution in [2.75, 3.05) is 17.7 Å². The summed E-state index contributed by atoms with van der Waals surface area (Å²) >= 11 is 0. The quantitative estimate of drug-likeness (QED) is 0.709. The molecule has 4 N–H and O–H groups in total. The third-order valence-electron chi connectivity index (χ3n) is 1.85. The lowest BCUT2D eigenvalue weighted by atomic mass is 10.1. The fourth-order valence-electron chi connectivity index (χ4n) is 1.17. The molecule has 0 amide bonds. The largest absolute Gasteiger partial charge is 0.399 e. The van der Waals surface area contributed by atoms with Gasteiger partial charge < -0.3 is 11.5 Å². The lowest BCUT2D eigenvalue weighted by molar-refractivity contribution is 0.595. The Hall–Kier alpha value is -1.07. The molecule has 0 heterocycles. The average Bonchev–Trinajstić information content (AvgIpc) is 2.02. The first-order valence-corrected chi connectivity index (χ1v) is 6.23. The third kappa shape index (κ3) is 3.35. The molecule has 0 aliphatic rings. The number of benzene rings is 1. The molecule has 0 spiro atoms. The lowest BCUT2D eigenvalue weighted by Crippen LogP contribution is -2.20. The Kier molecular flexibility index (Phi) is 3.13. The van der Waals surface area contributed by atoms with Crippen molar-refractivity contribution in [2.24, 2.45) is 5.73 Å². The van der Waals surface area contributed by atoms with Crippen molar-refractivity contribution in [3.05, 3.63) is 29.8 Å². The second kappa shape index (κ2) is 3.98. The first-order chi connectivity index (χ1) is 6.38. The van der Waals surface area contributed by atoms with Crippen molar-refractivity contribution in [2.45, 2.75) is 6.04 Å². The van der Waals surface area contributed by atoms with E-state index in [1.54, 1.807) is 24.3 Å². The molecule has 0 radical (unpaired) electrons. The van der Waals surface area contributed by atoms with E-state index >= 15 is 0 Å². The molecule has 0 saturated carbocycles.